The van der Waals surface area contributed by atoms with E-state index in [2.05, 4.69) is 10.3 Å². The van der Waals surface area contributed by atoms with Gasteiger partial charge in [0.25, 0.3) is 5.56 Å². The zero-order valence-corrected chi connectivity index (χ0v) is 11.3. The molecule has 0 amide bonds. The van der Waals surface area contributed by atoms with Crippen LogP contribution in [0.2, 0.25) is 0 Å². The molecule has 0 unspecified atom stereocenters. The molecule has 3 N–H and O–H groups in total. The molecule has 2 aromatic heterocycles. The lowest BCUT2D eigenvalue weighted by Gasteiger charge is -2.04. The van der Waals surface area contributed by atoms with Gasteiger partial charge in [-0.05, 0) is 13.0 Å². The molecule has 2 heterocycles. The highest BCUT2D eigenvalue weighted by atomic mass is 16.2. The fraction of sp³-hybridized carbons (Fsp3) is 0.545. The van der Waals surface area contributed by atoms with Gasteiger partial charge in [-0.2, -0.15) is 4.98 Å². The van der Waals surface area contributed by atoms with Gasteiger partial charge in [0.05, 0.1) is 0 Å². The molecule has 0 aliphatic carbocycles. The van der Waals surface area contributed by atoms with Gasteiger partial charge in [0.2, 0.25) is 5.95 Å². The minimum Gasteiger partial charge on any atom is -0.356 e. The van der Waals surface area contributed by atoms with Crippen molar-refractivity contribution in [3.63, 3.8) is 0 Å². The summed E-state index contributed by atoms with van der Waals surface area (Å²) < 4.78 is 4.10. The van der Waals surface area contributed by atoms with E-state index in [1.165, 1.54) is 11.6 Å². The van der Waals surface area contributed by atoms with Crippen LogP contribution >= 0.6 is 0 Å². The molecular formula is C11H18N6O2. The fourth-order valence-corrected chi connectivity index (χ4v) is 1.98. The molecule has 0 bridgehead atoms. The van der Waals surface area contributed by atoms with Gasteiger partial charge < -0.3 is 15.6 Å². The Morgan fingerprint density at radius 2 is 1.84 bits per heavy atom. The number of hydrogen-bond donors (Lipinski definition) is 2. The van der Waals surface area contributed by atoms with E-state index >= 15 is 0 Å². The number of aryl methyl sites for hydroxylation is 2. The van der Waals surface area contributed by atoms with E-state index in [0.717, 1.165) is 11.0 Å². The van der Waals surface area contributed by atoms with Crippen LogP contribution in [0.15, 0.2) is 9.59 Å². The maximum absolute atomic E-state index is 12.1. The van der Waals surface area contributed by atoms with E-state index in [-0.39, 0.29) is 11.2 Å². The predicted molar refractivity (Wildman–Crippen MR) is 73.4 cm³/mol. The number of nitrogens with one attached hydrogen (secondary N) is 1. The lowest BCUT2D eigenvalue weighted by Crippen LogP contribution is -2.37. The van der Waals surface area contributed by atoms with Crippen LogP contribution in [-0.4, -0.2) is 31.8 Å². The summed E-state index contributed by atoms with van der Waals surface area (Å²) in [6, 6.07) is 0. The molecule has 0 saturated heterocycles. The summed E-state index contributed by atoms with van der Waals surface area (Å²) in [5, 5.41) is 3.10. The van der Waals surface area contributed by atoms with Crippen molar-refractivity contribution >= 4 is 17.1 Å². The molecule has 8 nitrogen and oxygen atoms in total. The van der Waals surface area contributed by atoms with Gasteiger partial charge in [-0.1, -0.05) is 0 Å². The number of nitrogens with zero attached hydrogens (tertiary/aromatic N) is 4. The first-order chi connectivity index (χ1) is 8.99. The lowest BCUT2D eigenvalue weighted by atomic mass is 10.4. The number of hydrogen-bond acceptors (Lipinski definition) is 5. The van der Waals surface area contributed by atoms with Gasteiger partial charge in [-0.15, -0.1) is 0 Å². The third kappa shape index (κ3) is 2.03. The average Bonchev–Trinajstić information content (AvgIpc) is 2.72. The van der Waals surface area contributed by atoms with Gasteiger partial charge in [-0.25, -0.2) is 4.79 Å². The summed E-state index contributed by atoms with van der Waals surface area (Å²) in [6.07, 6.45) is 0.806. The summed E-state index contributed by atoms with van der Waals surface area (Å²) in [4.78, 5) is 28.2. The van der Waals surface area contributed by atoms with E-state index in [1.54, 1.807) is 18.7 Å². The SMILES string of the molecule is Cn1c(=O)c2c(nc(NCCCN)n2C)n(C)c1=O. The summed E-state index contributed by atoms with van der Waals surface area (Å²) in [7, 11) is 4.80. The molecule has 0 aromatic carbocycles. The number of imidazole rings is 1. The number of nitrogens with two attached hydrogens (primary N) is 1. The van der Waals surface area contributed by atoms with Crippen LogP contribution in [0, 0.1) is 0 Å². The molecular weight excluding hydrogens is 248 g/mol. The average molecular weight is 266 g/mol. The van der Waals surface area contributed by atoms with E-state index in [0.29, 0.717) is 30.2 Å². The maximum atomic E-state index is 12.1. The first-order valence-corrected chi connectivity index (χ1v) is 6.05. The predicted octanol–water partition coefficient (Wildman–Crippen LogP) is -1.27. The van der Waals surface area contributed by atoms with Crippen LogP contribution in [0.4, 0.5) is 5.95 Å². The minimum atomic E-state index is -0.385. The Morgan fingerprint density at radius 1 is 1.16 bits per heavy atom. The monoisotopic (exact) mass is 266 g/mol. The third-order valence-electron chi connectivity index (χ3n) is 3.14. The highest BCUT2D eigenvalue weighted by Crippen LogP contribution is 2.12. The number of fused-ring (bicyclic) bond motifs is 1. The highest BCUT2D eigenvalue weighted by Gasteiger charge is 2.16. The van der Waals surface area contributed by atoms with Gasteiger partial charge in [0, 0.05) is 27.7 Å². The number of aromatic nitrogens is 4. The maximum Gasteiger partial charge on any atom is 0.332 e. The van der Waals surface area contributed by atoms with Crippen LogP contribution < -0.4 is 22.3 Å². The van der Waals surface area contributed by atoms with Crippen molar-refractivity contribution in [2.24, 2.45) is 26.9 Å². The minimum absolute atomic E-state index is 0.347. The first kappa shape index (κ1) is 13.3. The Morgan fingerprint density at radius 3 is 2.47 bits per heavy atom. The summed E-state index contributed by atoms with van der Waals surface area (Å²) in [6.45, 7) is 1.25. The number of rotatable bonds is 4. The van der Waals surface area contributed by atoms with Crippen LogP contribution in [-0.2, 0) is 21.1 Å². The second-order valence-corrected chi connectivity index (χ2v) is 4.44. The molecule has 2 rings (SSSR count). The molecule has 0 radical (unpaired) electrons. The van der Waals surface area contributed by atoms with Crippen molar-refractivity contribution < 1.29 is 0 Å². The molecule has 0 spiro atoms. The lowest BCUT2D eigenvalue weighted by molar-refractivity contribution is 0.705. The Kier molecular flexibility index (Phi) is 3.43. The Balaban J connectivity index is 2.64. The topological polar surface area (TPSA) is 99.9 Å². The van der Waals surface area contributed by atoms with Crippen molar-refractivity contribution in [2.45, 2.75) is 6.42 Å². The van der Waals surface area contributed by atoms with Crippen molar-refractivity contribution in [3.05, 3.63) is 20.8 Å². The quantitative estimate of drug-likeness (QED) is 0.672. The Labute approximate surface area is 109 Å². The molecule has 0 fully saturated rings. The third-order valence-corrected chi connectivity index (χ3v) is 3.14. The summed E-state index contributed by atoms with van der Waals surface area (Å²) in [5.41, 5.74) is 5.48. The van der Waals surface area contributed by atoms with Gasteiger partial charge in [-0.3, -0.25) is 13.9 Å². The zero-order valence-electron chi connectivity index (χ0n) is 11.3. The Hall–Kier alpha value is -2.09. The summed E-state index contributed by atoms with van der Waals surface area (Å²) >= 11 is 0. The highest BCUT2D eigenvalue weighted by molar-refractivity contribution is 5.74. The molecule has 0 aliphatic rings. The smallest absolute Gasteiger partial charge is 0.332 e. The molecule has 104 valence electrons. The molecule has 0 aliphatic heterocycles. The van der Waals surface area contributed by atoms with Crippen molar-refractivity contribution in [1.82, 2.24) is 18.7 Å². The van der Waals surface area contributed by atoms with Crippen LogP contribution in [0.1, 0.15) is 6.42 Å². The number of anilines is 1. The molecule has 0 atom stereocenters. The molecule has 8 heteroatoms. The van der Waals surface area contributed by atoms with Crippen LogP contribution in [0.25, 0.3) is 11.2 Å². The van der Waals surface area contributed by atoms with Crippen molar-refractivity contribution in [2.75, 3.05) is 18.4 Å². The second-order valence-electron chi connectivity index (χ2n) is 4.44. The normalized spacial score (nSPS) is 11.2. The molecule has 0 saturated carbocycles. The standard InChI is InChI=1S/C11H18N6O2/c1-15-7-8(14-10(15)13-6-4-5-12)16(2)11(19)17(3)9(7)18/h4-6,12H2,1-3H3,(H,13,14). The van der Waals surface area contributed by atoms with Crippen LogP contribution in [0.3, 0.4) is 0 Å². The molecule has 2 aromatic rings. The van der Waals surface area contributed by atoms with Gasteiger partial charge in [0.1, 0.15) is 0 Å². The Bertz CT molecular complexity index is 723. The van der Waals surface area contributed by atoms with E-state index in [4.69, 9.17) is 5.73 Å². The van der Waals surface area contributed by atoms with E-state index in [9.17, 15) is 9.59 Å². The van der Waals surface area contributed by atoms with Crippen molar-refractivity contribution in [1.29, 1.82) is 0 Å². The van der Waals surface area contributed by atoms with E-state index in [1.807, 2.05) is 0 Å². The van der Waals surface area contributed by atoms with Gasteiger partial charge >= 0.3 is 5.69 Å². The fourth-order valence-electron chi connectivity index (χ4n) is 1.98. The van der Waals surface area contributed by atoms with E-state index < -0.39 is 0 Å². The summed E-state index contributed by atoms with van der Waals surface area (Å²) in [5.74, 6) is 0.557. The second kappa shape index (κ2) is 4.88. The first-order valence-electron chi connectivity index (χ1n) is 6.05. The van der Waals surface area contributed by atoms with Gasteiger partial charge in [0.15, 0.2) is 11.2 Å². The largest absolute Gasteiger partial charge is 0.356 e. The zero-order chi connectivity index (χ0) is 14.2. The molecule has 19 heavy (non-hydrogen) atoms. The van der Waals surface area contributed by atoms with Crippen LogP contribution in [0.5, 0.6) is 0 Å². The van der Waals surface area contributed by atoms with Crippen molar-refractivity contribution in [3.8, 4) is 0 Å².